The molecule has 2 aromatic rings. The molecule has 2 rings (SSSR count). The molecule has 0 bridgehead atoms. The smallest absolute Gasteiger partial charge is 0.416 e. The lowest BCUT2D eigenvalue weighted by Crippen LogP contribution is -2.20. The second-order valence-corrected chi connectivity index (χ2v) is 5.41. The highest BCUT2D eigenvalue weighted by atomic mass is 19.4. The maximum Gasteiger partial charge on any atom is 0.416 e. The Bertz CT molecular complexity index is 763. The summed E-state index contributed by atoms with van der Waals surface area (Å²) in [4.78, 5) is 21.9. The highest BCUT2D eigenvalue weighted by molar-refractivity contribution is 5.94. The molecule has 25 heavy (non-hydrogen) atoms. The largest absolute Gasteiger partial charge is 0.467 e. The SMILES string of the molecule is COc1ncc(NC(=O)Cc2cccc(C(F)(F)F)c2)c(N(C)C)n1. The quantitative estimate of drug-likeness (QED) is 0.894. The third-order valence-electron chi connectivity index (χ3n) is 3.25. The summed E-state index contributed by atoms with van der Waals surface area (Å²) in [6.07, 6.45) is -3.28. The number of rotatable bonds is 5. The summed E-state index contributed by atoms with van der Waals surface area (Å²) in [5, 5.41) is 2.61. The van der Waals surface area contributed by atoms with Crippen LogP contribution in [0.3, 0.4) is 0 Å². The van der Waals surface area contributed by atoms with E-state index in [1.807, 2.05) is 0 Å². The maximum absolute atomic E-state index is 12.7. The molecular weight excluding hydrogens is 337 g/mol. The number of carbonyl (C=O) groups excluding carboxylic acids is 1. The van der Waals surface area contributed by atoms with Crippen molar-refractivity contribution in [3.05, 3.63) is 41.6 Å². The van der Waals surface area contributed by atoms with E-state index in [0.29, 0.717) is 11.5 Å². The van der Waals surface area contributed by atoms with E-state index in [4.69, 9.17) is 4.74 Å². The third-order valence-corrected chi connectivity index (χ3v) is 3.25. The average Bonchev–Trinajstić information content (AvgIpc) is 2.54. The molecular formula is C16H17F3N4O2. The molecule has 0 unspecified atom stereocenters. The number of nitrogens with one attached hydrogen (secondary N) is 1. The number of halogens is 3. The number of benzene rings is 1. The molecule has 134 valence electrons. The van der Waals surface area contributed by atoms with Crippen LogP contribution in [0.2, 0.25) is 0 Å². The van der Waals surface area contributed by atoms with Crippen LogP contribution in [0, 0.1) is 0 Å². The van der Waals surface area contributed by atoms with Gasteiger partial charge >= 0.3 is 12.2 Å². The normalized spacial score (nSPS) is 11.1. The van der Waals surface area contributed by atoms with Crippen molar-refractivity contribution in [2.45, 2.75) is 12.6 Å². The van der Waals surface area contributed by atoms with E-state index in [1.165, 1.54) is 25.4 Å². The van der Waals surface area contributed by atoms with Gasteiger partial charge in [-0.1, -0.05) is 18.2 Å². The summed E-state index contributed by atoms with van der Waals surface area (Å²) in [7, 11) is 4.87. The Kier molecular flexibility index (Phi) is 5.45. The van der Waals surface area contributed by atoms with Gasteiger partial charge in [-0.3, -0.25) is 4.79 Å². The van der Waals surface area contributed by atoms with Crippen LogP contribution in [0.15, 0.2) is 30.5 Å². The first-order valence-electron chi connectivity index (χ1n) is 7.25. The zero-order valence-corrected chi connectivity index (χ0v) is 13.9. The van der Waals surface area contributed by atoms with Crippen molar-refractivity contribution in [3.63, 3.8) is 0 Å². The first-order valence-corrected chi connectivity index (χ1v) is 7.25. The molecule has 6 nitrogen and oxygen atoms in total. The van der Waals surface area contributed by atoms with Crippen LogP contribution in [-0.2, 0) is 17.4 Å². The molecule has 0 saturated carbocycles. The zero-order chi connectivity index (χ0) is 18.6. The van der Waals surface area contributed by atoms with Gasteiger partial charge in [-0.25, -0.2) is 4.98 Å². The molecule has 0 fully saturated rings. The number of carbonyl (C=O) groups is 1. The van der Waals surface area contributed by atoms with Crippen molar-refractivity contribution in [1.29, 1.82) is 0 Å². The summed E-state index contributed by atoms with van der Waals surface area (Å²) >= 11 is 0. The van der Waals surface area contributed by atoms with E-state index >= 15 is 0 Å². The molecule has 1 aromatic carbocycles. The standard InChI is InChI=1S/C16H17F3N4O2/c1-23(2)14-12(9-20-15(22-14)25-3)21-13(24)8-10-5-4-6-11(7-10)16(17,18)19/h4-7,9H,8H2,1-3H3,(H,21,24). The number of aromatic nitrogens is 2. The lowest BCUT2D eigenvalue weighted by Gasteiger charge is -2.17. The van der Waals surface area contributed by atoms with Gasteiger partial charge in [0.2, 0.25) is 5.91 Å². The third kappa shape index (κ3) is 4.82. The molecule has 0 atom stereocenters. The van der Waals surface area contributed by atoms with Crippen molar-refractivity contribution in [3.8, 4) is 6.01 Å². The monoisotopic (exact) mass is 354 g/mol. The molecule has 0 aliphatic rings. The Balaban J connectivity index is 2.16. The predicted octanol–water partition coefficient (Wildman–Crippen LogP) is 2.75. The second-order valence-electron chi connectivity index (χ2n) is 5.41. The fourth-order valence-corrected chi connectivity index (χ4v) is 2.12. The number of ether oxygens (including phenoxy) is 1. The number of anilines is 2. The van der Waals surface area contributed by atoms with Crippen molar-refractivity contribution in [2.24, 2.45) is 0 Å². The van der Waals surface area contributed by atoms with Crippen molar-refractivity contribution in [2.75, 3.05) is 31.4 Å². The van der Waals surface area contributed by atoms with E-state index < -0.39 is 17.6 Å². The molecule has 0 spiro atoms. The summed E-state index contributed by atoms with van der Waals surface area (Å²) in [5.74, 6) is -0.0552. The lowest BCUT2D eigenvalue weighted by molar-refractivity contribution is -0.137. The van der Waals surface area contributed by atoms with Crippen molar-refractivity contribution < 1.29 is 22.7 Å². The Morgan fingerprint density at radius 1 is 1.32 bits per heavy atom. The second kappa shape index (κ2) is 7.37. The number of amides is 1. The number of hydrogen-bond acceptors (Lipinski definition) is 5. The molecule has 1 N–H and O–H groups in total. The topological polar surface area (TPSA) is 67.3 Å². The number of nitrogens with zero attached hydrogens (tertiary/aromatic N) is 3. The molecule has 1 aromatic heterocycles. The van der Waals surface area contributed by atoms with Crippen molar-refractivity contribution in [1.82, 2.24) is 9.97 Å². The van der Waals surface area contributed by atoms with Crippen LogP contribution in [0.1, 0.15) is 11.1 Å². The number of hydrogen-bond donors (Lipinski definition) is 1. The minimum absolute atomic E-state index is 0.138. The molecule has 0 aliphatic carbocycles. The van der Waals surface area contributed by atoms with Gasteiger partial charge in [0.25, 0.3) is 0 Å². The maximum atomic E-state index is 12.7. The molecule has 0 aliphatic heterocycles. The molecule has 0 saturated heterocycles. The molecule has 1 amide bonds. The summed E-state index contributed by atoms with van der Waals surface area (Å²) in [6, 6.07) is 4.79. The van der Waals surface area contributed by atoms with Crippen LogP contribution in [0.25, 0.3) is 0 Å². The van der Waals surface area contributed by atoms with E-state index in [1.54, 1.807) is 19.0 Å². The fourth-order valence-electron chi connectivity index (χ4n) is 2.12. The summed E-state index contributed by atoms with van der Waals surface area (Å²) < 4.78 is 43.1. The van der Waals surface area contributed by atoms with Gasteiger partial charge in [-0.15, -0.1) is 0 Å². The van der Waals surface area contributed by atoms with Crippen LogP contribution in [0.4, 0.5) is 24.7 Å². The van der Waals surface area contributed by atoms with E-state index in [9.17, 15) is 18.0 Å². The van der Waals surface area contributed by atoms with Gasteiger partial charge in [0.05, 0.1) is 25.3 Å². The first kappa shape index (κ1) is 18.5. The first-order chi connectivity index (χ1) is 11.7. The van der Waals surface area contributed by atoms with Gasteiger partial charge in [0.1, 0.15) is 5.69 Å². The van der Waals surface area contributed by atoms with E-state index in [2.05, 4.69) is 15.3 Å². The van der Waals surface area contributed by atoms with Crippen molar-refractivity contribution >= 4 is 17.4 Å². The van der Waals surface area contributed by atoms with Gasteiger partial charge in [0, 0.05) is 14.1 Å². The average molecular weight is 354 g/mol. The summed E-state index contributed by atoms with van der Waals surface area (Å²) in [5.41, 5.74) is -0.199. The molecule has 0 radical (unpaired) electrons. The Labute approximate surface area is 142 Å². The molecule has 1 heterocycles. The zero-order valence-electron chi connectivity index (χ0n) is 13.9. The highest BCUT2D eigenvalue weighted by Gasteiger charge is 2.30. The summed E-state index contributed by atoms with van der Waals surface area (Å²) in [6.45, 7) is 0. The van der Waals surface area contributed by atoms with Gasteiger partial charge in [-0.2, -0.15) is 18.2 Å². The van der Waals surface area contributed by atoms with Crippen LogP contribution >= 0.6 is 0 Å². The minimum atomic E-state index is -4.45. The Hall–Kier alpha value is -2.84. The minimum Gasteiger partial charge on any atom is -0.467 e. The lowest BCUT2D eigenvalue weighted by atomic mass is 10.1. The fraction of sp³-hybridized carbons (Fsp3) is 0.312. The van der Waals surface area contributed by atoms with Crippen LogP contribution in [0.5, 0.6) is 6.01 Å². The number of methoxy groups -OCH3 is 1. The van der Waals surface area contributed by atoms with E-state index in [0.717, 1.165) is 12.1 Å². The van der Waals surface area contributed by atoms with Gasteiger partial charge in [-0.05, 0) is 11.6 Å². The Morgan fingerprint density at radius 2 is 2.04 bits per heavy atom. The highest BCUT2D eigenvalue weighted by Crippen LogP contribution is 2.29. The van der Waals surface area contributed by atoms with E-state index in [-0.39, 0.29) is 18.0 Å². The van der Waals surface area contributed by atoms with Crippen LogP contribution in [-0.4, -0.2) is 37.1 Å². The Morgan fingerprint density at radius 3 is 2.64 bits per heavy atom. The van der Waals surface area contributed by atoms with Gasteiger partial charge < -0.3 is 15.0 Å². The van der Waals surface area contributed by atoms with Crippen LogP contribution < -0.4 is 15.0 Å². The van der Waals surface area contributed by atoms with Gasteiger partial charge in [0.15, 0.2) is 5.82 Å². The number of alkyl halides is 3. The predicted molar refractivity (Wildman–Crippen MR) is 86.7 cm³/mol. The molecule has 9 heteroatoms.